The molecule has 0 saturated carbocycles. The Morgan fingerprint density at radius 2 is 1.56 bits per heavy atom. The molecule has 4 aromatic rings. The second-order valence-corrected chi connectivity index (χ2v) is 11.0. The van der Waals surface area contributed by atoms with Crippen molar-refractivity contribution in [3.8, 4) is 5.75 Å². The van der Waals surface area contributed by atoms with Crippen LogP contribution in [-0.4, -0.2) is 30.1 Å². The van der Waals surface area contributed by atoms with Gasteiger partial charge in [0.2, 0.25) is 5.91 Å². The molecule has 0 aromatic heterocycles. The van der Waals surface area contributed by atoms with Crippen molar-refractivity contribution in [2.45, 2.75) is 11.8 Å². The average molecular weight is 678 g/mol. The van der Waals surface area contributed by atoms with Crippen LogP contribution in [0.2, 0.25) is 0 Å². The number of hydrogen-bond acceptors (Lipinski definition) is 5. The van der Waals surface area contributed by atoms with E-state index in [0.717, 1.165) is 19.7 Å². The number of thioether (sulfide) groups is 1. The van der Waals surface area contributed by atoms with Crippen LogP contribution < -0.4 is 20.7 Å². The van der Waals surface area contributed by atoms with Crippen molar-refractivity contribution in [3.05, 3.63) is 124 Å². The lowest BCUT2D eigenvalue weighted by atomic mass is 10.1. The summed E-state index contributed by atoms with van der Waals surface area (Å²) in [5.74, 6) is -0.0946. The van der Waals surface area contributed by atoms with E-state index in [2.05, 4.69) is 38.5 Å². The third kappa shape index (κ3) is 9.51. The molecule has 0 spiro atoms. The molecule has 3 N–H and O–H groups in total. The summed E-state index contributed by atoms with van der Waals surface area (Å²) in [6, 6.07) is 30.7. The fraction of sp³-hybridized carbons (Fsp3) is 0.0938. The van der Waals surface area contributed by atoms with Gasteiger partial charge in [0.25, 0.3) is 11.8 Å². The van der Waals surface area contributed by atoms with Crippen LogP contribution in [0, 0.1) is 3.57 Å². The fourth-order valence-electron chi connectivity index (χ4n) is 3.68. The molecule has 0 saturated heterocycles. The first-order chi connectivity index (χ1) is 19.9. The van der Waals surface area contributed by atoms with Gasteiger partial charge in [-0.25, -0.2) is 0 Å². The van der Waals surface area contributed by atoms with Crippen molar-refractivity contribution in [1.29, 1.82) is 0 Å². The highest BCUT2D eigenvalue weighted by Crippen LogP contribution is 2.23. The Kier molecular flexibility index (Phi) is 11.0. The Hall–Kier alpha value is -4.09. The summed E-state index contributed by atoms with van der Waals surface area (Å²) < 4.78 is 6.59. The molecular weight excluding hydrogens is 649 g/mol. The molecule has 208 valence electrons. The first-order valence-electron chi connectivity index (χ1n) is 12.8. The van der Waals surface area contributed by atoms with Gasteiger partial charge in [-0.05, 0) is 108 Å². The summed E-state index contributed by atoms with van der Waals surface area (Å²) in [6.07, 6.45) is 1.61. The monoisotopic (exact) mass is 677 g/mol. The lowest BCUT2D eigenvalue weighted by Gasteiger charge is -2.12. The van der Waals surface area contributed by atoms with Crippen LogP contribution in [-0.2, 0) is 9.59 Å². The number of rotatable bonds is 11. The highest BCUT2D eigenvalue weighted by atomic mass is 127. The van der Waals surface area contributed by atoms with Crippen LogP contribution in [0.5, 0.6) is 5.75 Å². The van der Waals surface area contributed by atoms with Crippen molar-refractivity contribution in [1.82, 2.24) is 5.32 Å². The second-order valence-electron chi connectivity index (χ2n) is 8.71. The van der Waals surface area contributed by atoms with Gasteiger partial charge in [-0.3, -0.25) is 14.4 Å². The van der Waals surface area contributed by atoms with Gasteiger partial charge in [-0.15, -0.1) is 11.8 Å². The van der Waals surface area contributed by atoms with Gasteiger partial charge >= 0.3 is 0 Å². The van der Waals surface area contributed by atoms with E-state index in [4.69, 9.17) is 4.74 Å². The molecule has 0 bridgehead atoms. The van der Waals surface area contributed by atoms with E-state index in [1.807, 2.05) is 55.5 Å². The van der Waals surface area contributed by atoms with E-state index < -0.39 is 11.8 Å². The van der Waals surface area contributed by atoms with Gasteiger partial charge in [0.1, 0.15) is 11.4 Å². The standard InChI is InChI=1S/C32H28IN3O4S/c1-2-40-27-17-11-22(12-18-27)19-29(36-31(38)23-7-4-3-5-8-23)32(39)35-26-9-6-10-28(20-26)41-21-30(37)34-25-15-13-24(33)14-16-25/h3-20H,2,21H2,1H3,(H,34,37)(H,35,39)(H,36,38)/b29-19+. The minimum Gasteiger partial charge on any atom is -0.494 e. The molecule has 9 heteroatoms. The van der Waals surface area contributed by atoms with Gasteiger partial charge in [-0.2, -0.15) is 0 Å². The van der Waals surface area contributed by atoms with Crippen LogP contribution in [0.3, 0.4) is 0 Å². The lowest BCUT2D eigenvalue weighted by molar-refractivity contribution is -0.114. The molecule has 0 fully saturated rings. The summed E-state index contributed by atoms with van der Waals surface area (Å²) in [4.78, 5) is 39.5. The number of halogens is 1. The normalized spacial score (nSPS) is 10.9. The zero-order valence-electron chi connectivity index (χ0n) is 22.2. The molecular formula is C32H28IN3O4S. The van der Waals surface area contributed by atoms with Crippen molar-refractivity contribution in [2.75, 3.05) is 23.0 Å². The van der Waals surface area contributed by atoms with Crippen LogP contribution in [0.15, 0.2) is 114 Å². The smallest absolute Gasteiger partial charge is 0.272 e. The third-order valence-corrected chi connectivity index (χ3v) is 7.33. The molecule has 0 aliphatic carbocycles. The number of carbonyl (C=O) groups is 3. The minimum absolute atomic E-state index is 0.0815. The molecule has 41 heavy (non-hydrogen) atoms. The van der Waals surface area contributed by atoms with E-state index >= 15 is 0 Å². The van der Waals surface area contributed by atoms with E-state index in [9.17, 15) is 14.4 Å². The zero-order chi connectivity index (χ0) is 29.0. The maximum Gasteiger partial charge on any atom is 0.272 e. The maximum absolute atomic E-state index is 13.4. The molecule has 3 amide bonds. The fourth-order valence-corrected chi connectivity index (χ4v) is 4.79. The Bertz CT molecular complexity index is 1530. The van der Waals surface area contributed by atoms with E-state index in [1.165, 1.54) is 11.8 Å². The Balaban J connectivity index is 1.45. The van der Waals surface area contributed by atoms with E-state index in [0.29, 0.717) is 23.6 Å². The number of hydrogen-bond donors (Lipinski definition) is 3. The molecule has 0 aliphatic rings. The second kappa shape index (κ2) is 15.1. The molecule has 0 unspecified atom stereocenters. The largest absolute Gasteiger partial charge is 0.494 e. The summed E-state index contributed by atoms with van der Waals surface area (Å²) >= 11 is 3.57. The summed E-state index contributed by atoms with van der Waals surface area (Å²) in [7, 11) is 0. The van der Waals surface area contributed by atoms with Crippen LogP contribution >= 0.6 is 34.4 Å². The maximum atomic E-state index is 13.4. The summed E-state index contributed by atoms with van der Waals surface area (Å²) in [5.41, 5.74) is 2.50. The zero-order valence-corrected chi connectivity index (χ0v) is 25.2. The van der Waals surface area contributed by atoms with Gasteiger partial charge in [-0.1, -0.05) is 36.4 Å². The molecule has 0 heterocycles. The van der Waals surface area contributed by atoms with Crippen LogP contribution in [0.4, 0.5) is 11.4 Å². The number of benzene rings is 4. The highest BCUT2D eigenvalue weighted by Gasteiger charge is 2.15. The highest BCUT2D eigenvalue weighted by molar-refractivity contribution is 14.1. The molecule has 4 aromatic carbocycles. The first-order valence-corrected chi connectivity index (χ1v) is 14.9. The third-order valence-electron chi connectivity index (χ3n) is 5.62. The molecule has 7 nitrogen and oxygen atoms in total. The van der Waals surface area contributed by atoms with Gasteiger partial charge < -0.3 is 20.7 Å². The van der Waals surface area contributed by atoms with Crippen molar-refractivity contribution >= 4 is 69.5 Å². The summed E-state index contributed by atoms with van der Waals surface area (Å²) in [5, 5.41) is 8.48. The van der Waals surface area contributed by atoms with Gasteiger partial charge in [0, 0.05) is 25.4 Å². The number of nitrogens with one attached hydrogen (secondary N) is 3. The average Bonchev–Trinajstić information content (AvgIpc) is 2.98. The van der Waals surface area contributed by atoms with E-state index in [-0.39, 0.29) is 17.4 Å². The van der Waals surface area contributed by atoms with Gasteiger partial charge in [0.05, 0.1) is 12.4 Å². The van der Waals surface area contributed by atoms with Gasteiger partial charge in [0.15, 0.2) is 0 Å². The summed E-state index contributed by atoms with van der Waals surface area (Å²) in [6.45, 7) is 2.45. The molecule has 0 radical (unpaired) electrons. The molecule has 0 aliphatic heterocycles. The molecule has 0 atom stereocenters. The van der Waals surface area contributed by atoms with Crippen molar-refractivity contribution in [3.63, 3.8) is 0 Å². The SMILES string of the molecule is CCOc1ccc(/C=C(/NC(=O)c2ccccc2)C(=O)Nc2cccc(SCC(=O)Nc3ccc(I)cc3)c2)cc1. The lowest BCUT2D eigenvalue weighted by Crippen LogP contribution is -2.30. The van der Waals surface area contributed by atoms with Crippen molar-refractivity contribution < 1.29 is 19.1 Å². The van der Waals surface area contributed by atoms with Crippen molar-refractivity contribution in [2.24, 2.45) is 0 Å². The first kappa shape index (κ1) is 29.9. The number of amides is 3. The number of carbonyl (C=O) groups excluding carboxylic acids is 3. The number of anilines is 2. The van der Waals surface area contributed by atoms with E-state index in [1.54, 1.807) is 60.7 Å². The van der Waals surface area contributed by atoms with Crippen LogP contribution in [0.25, 0.3) is 6.08 Å². The Labute approximate surface area is 256 Å². The minimum atomic E-state index is -0.484. The predicted octanol–water partition coefficient (Wildman–Crippen LogP) is 6.83. The Morgan fingerprint density at radius 1 is 0.829 bits per heavy atom. The Morgan fingerprint density at radius 3 is 2.27 bits per heavy atom. The molecule has 4 rings (SSSR count). The number of ether oxygens (including phenoxy) is 1. The quantitative estimate of drug-likeness (QED) is 0.0920. The predicted molar refractivity (Wildman–Crippen MR) is 173 cm³/mol. The van der Waals surface area contributed by atoms with Crippen LogP contribution in [0.1, 0.15) is 22.8 Å². The topological polar surface area (TPSA) is 96.5 Å².